The van der Waals surface area contributed by atoms with Crippen LogP contribution in [0.25, 0.3) is 0 Å². The standard InChI is InChI=1S/C20H26S/c1-5-7-17-9-11-19(15(3)13-17)21-20-12-10-18(8-6-2)14-16(20)4/h9-14H,5-8H2,1-4H3. The first-order valence-corrected chi connectivity index (χ1v) is 8.82. The molecule has 0 aromatic heterocycles. The third-order valence-electron chi connectivity index (χ3n) is 3.78. The fourth-order valence-electron chi connectivity index (χ4n) is 2.66. The molecule has 2 rings (SSSR count). The van der Waals surface area contributed by atoms with E-state index < -0.39 is 0 Å². The van der Waals surface area contributed by atoms with E-state index in [2.05, 4.69) is 64.1 Å². The summed E-state index contributed by atoms with van der Waals surface area (Å²) in [7, 11) is 0. The van der Waals surface area contributed by atoms with Crippen molar-refractivity contribution in [3.8, 4) is 0 Å². The molecule has 0 spiro atoms. The van der Waals surface area contributed by atoms with Crippen LogP contribution in [-0.2, 0) is 12.8 Å². The van der Waals surface area contributed by atoms with Crippen LogP contribution in [0.5, 0.6) is 0 Å². The SMILES string of the molecule is CCCc1ccc(Sc2ccc(CCC)cc2C)c(C)c1. The molecule has 0 saturated carbocycles. The van der Waals surface area contributed by atoms with Crippen molar-refractivity contribution < 1.29 is 0 Å². The van der Waals surface area contributed by atoms with Crippen LogP contribution in [0, 0.1) is 13.8 Å². The minimum atomic E-state index is 1.18. The quantitative estimate of drug-likeness (QED) is 0.598. The second kappa shape index (κ2) is 7.70. The van der Waals surface area contributed by atoms with Gasteiger partial charge in [0, 0.05) is 9.79 Å². The smallest absolute Gasteiger partial charge is 0.0151 e. The van der Waals surface area contributed by atoms with Crippen LogP contribution in [0.1, 0.15) is 48.9 Å². The molecule has 0 saturated heterocycles. The Hall–Kier alpha value is -1.21. The van der Waals surface area contributed by atoms with Gasteiger partial charge in [-0.15, -0.1) is 0 Å². The van der Waals surface area contributed by atoms with E-state index >= 15 is 0 Å². The lowest BCUT2D eigenvalue weighted by Gasteiger charge is -2.11. The van der Waals surface area contributed by atoms with Crippen molar-refractivity contribution in [2.24, 2.45) is 0 Å². The lowest BCUT2D eigenvalue weighted by molar-refractivity contribution is 0.916. The van der Waals surface area contributed by atoms with Gasteiger partial charge in [0.25, 0.3) is 0 Å². The molecule has 0 aliphatic rings. The number of hydrogen-bond donors (Lipinski definition) is 0. The van der Waals surface area contributed by atoms with Gasteiger partial charge in [0.2, 0.25) is 0 Å². The first kappa shape index (κ1) is 16.2. The highest BCUT2D eigenvalue weighted by molar-refractivity contribution is 7.99. The van der Waals surface area contributed by atoms with Crippen molar-refractivity contribution in [3.05, 3.63) is 58.7 Å². The van der Waals surface area contributed by atoms with Crippen molar-refractivity contribution >= 4 is 11.8 Å². The average Bonchev–Trinajstić information content (AvgIpc) is 2.45. The van der Waals surface area contributed by atoms with Crippen molar-refractivity contribution in [1.29, 1.82) is 0 Å². The van der Waals surface area contributed by atoms with Crippen LogP contribution in [0.3, 0.4) is 0 Å². The van der Waals surface area contributed by atoms with Gasteiger partial charge < -0.3 is 0 Å². The lowest BCUT2D eigenvalue weighted by Crippen LogP contribution is -1.89. The second-order valence-electron chi connectivity index (χ2n) is 5.80. The van der Waals surface area contributed by atoms with E-state index in [1.54, 1.807) is 0 Å². The monoisotopic (exact) mass is 298 g/mol. The van der Waals surface area contributed by atoms with E-state index in [-0.39, 0.29) is 0 Å². The van der Waals surface area contributed by atoms with Gasteiger partial charge in [0.15, 0.2) is 0 Å². The third-order valence-corrected chi connectivity index (χ3v) is 5.13. The molecular weight excluding hydrogens is 272 g/mol. The minimum Gasteiger partial charge on any atom is -0.0895 e. The topological polar surface area (TPSA) is 0 Å². The van der Waals surface area contributed by atoms with Crippen LogP contribution in [-0.4, -0.2) is 0 Å². The Morgan fingerprint density at radius 3 is 1.48 bits per heavy atom. The highest BCUT2D eigenvalue weighted by Crippen LogP contribution is 2.33. The zero-order valence-corrected chi connectivity index (χ0v) is 14.5. The van der Waals surface area contributed by atoms with Gasteiger partial charge in [-0.1, -0.05) is 62.7 Å². The van der Waals surface area contributed by atoms with Crippen LogP contribution in [0.15, 0.2) is 46.2 Å². The Morgan fingerprint density at radius 2 is 1.14 bits per heavy atom. The molecule has 0 nitrogen and oxygen atoms in total. The summed E-state index contributed by atoms with van der Waals surface area (Å²) in [5, 5.41) is 0. The van der Waals surface area contributed by atoms with Crippen molar-refractivity contribution in [2.75, 3.05) is 0 Å². The molecule has 2 aromatic carbocycles. The van der Waals surface area contributed by atoms with Crippen molar-refractivity contribution in [1.82, 2.24) is 0 Å². The third kappa shape index (κ3) is 4.38. The van der Waals surface area contributed by atoms with E-state index in [1.165, 1.54) is 57.7 Å². The second-order valence-corrected chi connectivity index (χ2v) is 6.89. The molecule has 0 amide bonds. The molecule has 0 atom stereocenters. The minimum absolute atomic E-state index is 1.18. The van der Waals surface area contributed by atoms with Gasteiger partial charge in [-0.3, -0.25) is 0 Å². The average molecular weight is 298 g/mol. The van der Waals surface area contributed by atoms with Gasteiger partial charge in [-0.2, -0.15) is 0 Å². The van der Waals surface area contributed by atoms with Crippen LogP contribution in [0.2, 0.25) is 0 Å². The highest BCUT2D eigenvalue weighted by atomic mass is 32.2. The Balaban J connectivity index is 2.18. The van der Waals surface area contributed by atoms with E-state index in [9.17, 15) is 0 Å². The molecule has 0 heterocycles. The predicted molar refractivity (Wildman–Crippen MR) is 94.5 cm³/mol. The predicted octanol–water partition coefficient (Wildman–Crippen LogP) is 6.36. The molecular formula is C20H26S. The maximum atomic E-state index is 2.34. The molecule has 0 unspecified atom stereocenters. The Labute approximate surface area is 134 Å². The molecule has 21 heavy (non-hydrogen) atoms. The Morgan fingerprint density at radius 1 is 0.714 bits per heavy atom. The summed E-state index contributed by atoms with van der Waals surface area (Å²) in [6.45, 7) is 8.92. The van der Waals surface area contributed by atoms with Crippen LogP contribution < -0.4 is 0 Å². The van der Waals surface area contributed by atoms with Gasteiger partial charge >= 0.3 is 0 Å². The highest BCUT2D eigenvalue weighted by Gasteiger charge is 2.06. The Kier molecular flexibility index (Phi) is 5.93. The Bertz CT molecular complexity index is 545. The van der Waals surface area contributed by atoms with Crippen molar-refractivity contribution in [2.45, 2.75) is 63.2 Å². The molecule has 0 aliphatic heterocycles. The van der Waals surface area contributed by atoms with E-state index in [1.807, 2.05) is 11.8 Å². The summed E-state index contributed by atoms with van der Waals surface area (Å²) < 4.78 is 0. The maximum absolute atomic E-state index is 2.34. The first-order valence-electron chi connectivity index (χ1n) is 8.01. The molecule has 0 aliphatic carbocycles. The van der Waals surface area contributed by atoms with Crippen LogP contribution in [0.4, 0.5) is 0 Å². The summed E-state index contributed by atoms with van der Waals surface area (Å²) in [5.74, 6) is 0. The molecule has 1 heteroatoms. The zero-order chi connectivity index (χ0) is 15.2. The summed E-state index contributed by atoms with van der Waals surface area (Å²) in [6, 6.07) is 13.8. The number of hydrogen-bond acceptors (Lipinski definition) is 1. The van der Waals surface area contributed by atoms with Gasteiger partial charge in [-0.25, -0.2) is 0 Å². The molecule has 112 valence electrons. The van der Waals surface area contributed by atoms with Gasteiger partial charge in [-0.05, 0) is 61.1 Å². The number of aryl methyl sites for hydroxylation is 4. The number of benzene rings is 2. The maximum Gasteiger partial charge on any atom is 0.0151 e. The molecule has 0 radical (unpaired) electrons. The summed E-state index contributed by atoms with van der Waals surface area (Å²) in [5.41, 5.74) is 5.69. The van der Waals surface area contributed by atoms with Crippen LogP contribution >= 0.6 is 11.8 Å². The fourth-order valence-corrected chi connectivity index (χ4v) is 3.61. The molecule has 0 bridgehead atoms. The fraction of sp³-hybridized carbons (Fsp3) is 0.400. The van der Waals surface area contributed by atoms with E-state index in [0.29, 0.717) is 0 Å². The summed E-state index contributed by atoms with van der Waals surface area (Å²) in [4.78, 5) is 2.75. The zero-order valence-electron chi connectivity index (χ0n) is 13.7. The van der Waals surface area contributed by atoms with Crippen molar-refractivity contribution in [3.63, 3.8) is 0 Å². The molecule has 2 aromatic rings. The van der Waals surface area contributed by atoms with Gasteiger partial charge in [0.05, 0.1) is 0 Å². The lowest BCUT2D eigenvalue weighted by atomic mass is 10.1. The molecule has 0 N–H and O–H groups in total. The van der Waals surface area contributed by atoms with Gasteiger partial charge in [0.1, 0.15) is 0 Å². The number of rotatable bonds is 6. The van der Waals surface area contributed by atoms with E-state index in [0.717, 1.165) is 0 Å². The summed E-state index contributed by atoms with van der Waals surface area (Å²) in [6.07, 6.45) is 4.78. The largest absolute Gasteiger partial charge is 0.0895 e. The summed E-state index contributed by atoms with van der Waals surface area (Å²) >= 11 is 1.89. The first-order chi connectivity index (χ1) is 10.1. The van der Waals surface area contributed by atoms with E-state index in [4.69, 9.17) is 0 Å². The normalized spacial score (nSPS) is 10.9. The molecule has 0 fully saturated rings.